The molecule has 3 aromatic rings. The van der Waals surface area contributed by atoms with Crippen LogP contribution in [0.5, 0.6) is 0 Å². The number of fused-ring (bicyclic) bond motifs is 1. The van der Waals surface area contributed by atoms with Gasteiger partial charge in [0.25, 0.3) is 0 Å². The zero-order valence-corrected chi connectivity index (χ0v) is 16.1. The van der Waals surface area contributed by atoms with E-state index in [1.807, 2.05) is 0 Å². The number of pyridine rings is 1. The predicted molar refractivity (Wildman–Crippen MR) is 106 cm³/mol. The molecule has 4 heteroatoms. The SMILES string of the molecule is Cc1cc(CC2CCCN(Cc3nc4ccccc4n3C)C2)cc(C)n1. The third-order valence-electron chi connectivity index (χ3n) is 5.51. The minimum Gasteiger partial charge on any atom is -0.330 e. The lowest BCUT2D eigenvalue weighted by Gasteiger charge is -2.32. The van der Waals surface area contributed by atoms with E-state index in [0.29, 0.717) is 0 Å². The number of imidazole rings is 1. The molecule has 0 aliphatic carbocycles. The van der Waals surface area contributed by atoms with Crippen molar-refractivity contribution in [2.24, 2.45) is 13.0 Å². The first-order chi connectivity index (χ1) is 12.6. The highest BCUT2D eigenvalue weighted by Gasteiger charge is 2.22. The van der Waals surface area contributed by atoms with E-state index in [-0.39, 0.29) is 0 Å². The molecular weight excluding hydrogens is 320 g/mol. The Hall–Kier alpha value is -2.20. The second kappa shape index (κ2) is 7.20. The Kier molecular flexibility index (Phi) is 4.77. The third-order valence-corrected chi connectivity index (χ3v) is 5.51. The maximum Gasteiger partial charge on any atom is 0.123 e. The quantitative estimate of drug-likeness (QED) is 0.713. The molecule has 0 radical (unpaired) electrons. The summed E-state index contributed by atoms with van der Waals surface area (Å²) in [5.74, 6) is 1.89. The normalized spacial score (nSPS) is 18.5. The van der Waals surface area contributed by atoms with Crippen molar-refractivity contribution in [3.63, 3.8) is 0 Å². The van der Waals surface area contributed by atoms with Gasteiger partial charge in [0.1, 0.15) is 5.82 Å². The Morgan fingerprint density at radius 2 is 1.85 bits per heavy atom. The number of aryl methyl sites for hydroxylation is 3. The maximum absolute atomic E-state index is 4.85. The third kappa shape index (κ3) is 3.65. The lowest BCUT2D eigenvalue weighted by Crippen LogP contribution is -2.36. The highest BCUT2D eigenvalue weighted by molar-refractivity contribution is 5.75. The highest BCUT2D eigenvalue weighted by atomic mass is 15.2. The summed E-state index contributed by atoms with van der Waals surface area (Å²) < 4.78 is 2.24. The molecule has 2 aromatic heterocycles. The summed E-state index contributed by atoms with van der Waals surface area (Å²) in [6.07, 6.45) is 3.75. The van der Waals surface area contributed by atoms with Crippen LogP contribution in [0.15, 0.2) is 36.4 Å². The van der Waals surface area contributed by atoms with Gasteiger partial charge in [0.2, 0.25) is 0 Å². The minimum absolute atomic E-state index is 0.722. The van der Waals surface area contributed by atoms with Crippen LogP contribution in [-0.2, 0) is 20.0 Å². The molecule has 1 atom stereocenters. The number of hydrogen-bond donors (Lipinski definition) is 0. The fraction of sp³-hybridized carbons (Fsp3) is 0.455. The summed E-state index contributed by atoms with van der Waals surface area (Å²) in [6, 6.07) is 12.9. The van der Waals surface area contributed by atoms with Gasteiger partial charge in [0.05, 0.1) is 17.6 Å². The van der Waals surface area contributed by atoms with Crippen LogP contribution in [0.1, 0.15) is 35.6 Å². The van der Waals surface area contributed by atoms with Crippen molar-refractivity contribution in [1.82, 2.24) is 19.4 Å². The van der Waals surface area contributed by atoms with Crippen LogP contribution < -0.4 is 0 Å². The van der Waals surface area contributed by atoms with Gasteiger partial charge in [-0.1, -0.05) is 12.1 Å². The van der Waals surface area contributed by atoms with Crippen LogP contribution in [0, 0.1) is 19.8 Å². The minimum atomic E-state index is 0.722. The first kappa shape index (κ1) is 17.2. The van der Waals surface area contributed by atoms with Gasteiger partial charge in [-0.25, -0.2) is 4.98 Å². The predicted octanol–water partition coefficient (Wildman–Crippen LogP) is 4.04. The molecule has 1 aliphatic rings. The number of piperidine rings is 1. The van der Waals surface area contributed by atoms with Crippen LogP contribution in [0.2, 0.25) is 0 Å². The molecule has 4 nitrogen and oxygen atoms in total. The Morgan fingerprint density at radius 1 is 1.08 bits per heavy atom. The van der Waals surface area contributed by atoms with E-state index in [9.17, 15) is 0 Å². The fourth-order valence-corrected chi connectivity index (χ4v) is 4.37. The molecule has 136 valence electrons. The van der Waals surface area contributed by atoms with Crippen molar-refractivity contribution >= 4 is 11.0 Å². The Bertz CT molecular complexity index is 891. The van der Waals surface area contributed by atoms with Gasteiger partial charge in [0, 0.05) is 25.0 Å². The summed E-state index contributed by atoms with van der Waals surface area (Å²) in [5.41, 5.74) is 6.02. The second-order valence-corrected chi connectivity index (χ2v) is 7.78. The van der Waals surface area contributed by atoms with Crippen molar-refractivity contribution in [2.75, 3.05) is 13.1 Å². The van der Waals surface area contributed by atoms with Gasteiger partial charge in [-0.2, -0.15) is 0 Å². The molecular formula is C22H28N4. The number of hydrogen-bond acceptors (Lipinski definition) is 3. The average molecular weight is 348 g/mol. The van der Waals surface area contributed by atoms with Gasteiger partial charge in [-0.15, -0.1) is 0 Å². The molecule has 0 amide bonds. The number of likely N-dealkylation sites (tertiary alicyclic amines) is 1. The molecule has 0 saturated carbocycles. The Labute approximate surface area is 155 Å². The van der Waals surface area contributed by atoms with E-state index in [1.165, 1.54) is 36.3 Å². The number of aromatic nitrogens is 3. The highest BCUT2D eigenvalue weighted by Crippen LogP contribution is 2.23. The topological polar surface area (TPSA) is 34.0 Å². The molecule has 0 spiro atoms. The molecule has 1 aliphatic heterocycles. The van der Waals surface area contributed by atoms with E-state index in [4.69, 9.17) is 4.98 Å². The summed E-state index contributed by atoms with van der Waals surface area (Å²) >= 11 is 0. The molecule has 1 aromatic carbocycles. The van der Waals surface area contributed by atoms with Gasteiger partial charge >= 0.3 is 0 Å². The number of nitrogens with zero attached hydrogens (tertiary/aromatic N) is 4. The first-order valence-corrected chi connectivity index (χ1v) is 9.65. The monoisotopic (exact) mass is 348 g/mol. The Morgan fingerprint density at radius 3 is 2.62 bits per heavy atom. The van der Waals surface area contributed by atoms with Crippen molar-refractivity contribution in [2.45, 2.75) is 39.7 Å². The lowest BCUT2D eigenvalue weighted by molar-refractivity contribution is 0.162. The van der Waals surface area contributed by atoms with Crippen LogP contribution in [-0.4, -0.2) is 32.5 Å². The van der Waals surface area contributed by atoms with Crippen molar-refractivity contribution in [3.8, 4) is 0 Å². The lowest BCUT2D eigenvalue weighted by atomic mass is 9.91. The maximum atomic E-state index is 4.85. The van der Waals surface area contributed by atoms with Crippen LogP contribution >= 0.6 is 0 Å². The van der Waals surface area contributed by atoms with Crippen LogP contribution in [0.3, 0.4) is 0 Å². The van der Waals surface area contributed by atoms with Gasteiger partial charge < -0.3 is 4.57 Å². The molecule has 1 saturated heterocycles. The number of rotatable bonds is 4. The smallest absolute Gasteiger partial charge is 0.123 e. The van der Waals surface area contributed by atoms with Crippen LogP contribution in [0.25, 0.3) is 11.0 Å². The van der Waals surface area contributed by atoms with Crippen LogP contribution in [0.4, 0.5) is 0 Å². The number of benzene rings is 1. The average Bonchev–Trinajstić information content (AvgIpc) is 2.91. The van der Waals surface area contributed by atoms with E-state index >= 15 is 0 Å². The molecule has 0 bridgehead atoms. The van der Waals surface area contributed by atoms with E-state index in [2.05, 4.69) is 71.7 Å². The van der Waals surface area contributed by atoms with Gasteiger partial charge in [-0.05, 0) is 75.4 Å². The zero-order valence-electron chi connectivity index (χ0n) is 16.1. The summed E-state index contributed by atoms with van der Waals surface area (Å²) in [6.45, 7) is 7.46. The second-order valence-electron chi connectivity index (χ2n) is 7.78. The number of para-hydroxylation sites is 2. The molecule has 3 heterocycles. The van der Waals surface area contributed by atoms with E-state index < -0.39 is 0 Å². The molecule has 4 rings (SSSR count). The Balaban J connectivity index is 1.45. The fourth-order valence-electron chi connectivity index (χ4n) is 4.37. The van der Waals surface area contributed by atoms with E-state index in [1.54, 1.807) is 0 Å². The van der Waals surface area contributed by atoms with Crippen molar-refractivity contribution in [1.29, 1.82) is 0 Å². The molecule has 1 unspecified atom stereocenters. The molecule has 26 heavy (non-hydrogen) atoms. The van der Waals surface area contributed by atoms with Crippen molar-refractivity contribution < 1.29 is 0 Å². The summed E-state index contributed by atoms with van der Waals surface area (Å²) in [4.78, 5) is 11.9. The van der Waals surface area contributed by atoms with Gasteiger partial charge in [0.15, 0.2) is 0 Å². The van der Waals surface area contributed by atoms with E-state index in [0.717, 1.165) is 42.3 Å². The zero-order chi connectivity index (χ0) is 18.1. The molecule has 0 N–H and O–H groups in total. The first-order valence-electron chi connectivity index (χ1n) is 9.65. The largest absolute Gasteiger partial charge is 0.330 e. The van der Waals surface area contributed by atoms with Crippen molar-refractivity contribution in [3.05, 3.63) is 59.2 Å². The molecule has 1 fully saturated rings. The standard InChI is InChI=1S/C22H28N4/c1-16-11-19(12-17(2)23-16)13-18-7-6-10-26(14-18)15-22-24-20-8-4-5-9-21(20)25(22)3/h4-5,8-9,11-12,18H,6-7,10,13-15H2,1-3H3. The summed E-state index contributed by atoms with van der Waals surface area (Å²) in [5, 5.41) is 0. The van der Waals surface area contributed by atoms with Gasteiger partial charge in [-0.3, -0.25) is 9.88 Å². The summed E-state index contributed by atoms with van der Waals surface area (Å²) in [7, 11) is 2.13.